The molecule has 1 aromatic carbocycles. The third kappa shape index (κ3) is 6.07. The summed E-state index contributed by atoms with van der Waals surface area (Å²) < 4.78 is 37.6. The Bertz CT molecular complexity index is 568. The first kappa shape index (κ1) is 16.7. The van der Waals surface area contributed by atoms with Crippen LogP contribution in [0.3, 0.4) is 0 Å². The molecule has 114 valence electrons. The number of carbonyl (C=O) groups is 2. The average molecular weight is 301 g/mol. The van der Waals surface area contributed by atoms with Gasteiger partial charge in [0.2, 0.25) is 11.8 Å². The lowest BCUT2D eigenvalue weighted by atomic mass is 10.2. The Kier molecular flexibility index (Phi) is 5.45. The summed E-state index contributed by atoms with van der Waals surface area (Å²) in [6.45, 7) is 2.78. The van der Waals surface area contributed by atoms with Crippen LogP contribution >= 0.6 is 0 Å². The third-order valence-corrected chi connectivity index (χ3v) is 2.29. The van der Waals surface area contributed by atoms with Crippen LogP contribution in [-0.4, -0.2) is 17.5 Å². The zero-order chi connectivity index (χ0) is 16.0. The number of hydrogen-bond acceptors (Lipinski definition) is 3. The maximum atomic E-state index is 12.5. The summed E-state index contributed by atoms with van der Waals surface area (Å²) in [5, 5.41) is 5.98. The van der Waals surface area contributed by atoms with Crippen molar-refractivity contribution in [3.8, 4) is 0 Å². The molecule has 21 heavy (non-hydrogen) atoms. The highest BCUT2D eigenvalue weighted by Crippen LogP contribution is 2.30. The van der Waals surface area contributed by atoms with E-state index in [2.05, 4.69) is 15.8 Å². The Morgan fingerprint density at radius 2 is 1.90 bits per heavy atom. The minimum Gasteiger partial charge on any atom is -0.326 e. The standard InChI is InChI=1S/C13H14F3N3O2/c1-8(18-19-9(2)20)6-12(21)17-11-5-3-4-10(7-11)13(14,15)16/h3-5,7H,6H2,1-2H3,(H,17,21)(H,19,20)/b18-8-. The van der Waals surface area contributed by atoms with Crippen molar-refractivity contribution < 1.29 is 22.8 Å². The van der Waals surface area contributed by atoms with Crippen LogP contribution in [0.25, 0.3) is 0 Å². The number of amides is 2. The number of nitrogens with one attached hydrogen (secondary N) is 2. The van der Waals surface area contributed by atoms with Crippen molar-refractivity contribution in [1.82, 2.24) is 5.43 Å². The number of hydrazone groups is 1. The molecule has 0 saturated carbocycles. The molecular weight excluding hydrogens is 287 g/mol. The molecule has 0 bridgehead atoms. The highest BCUT2D eigenvalue weighted by molar-refractivity contribution is 6.05. The Morgan fingerprint density at radius 1 is 1.24 bits per heavy atom. The minimum absolute atomic E-state index is 0.0437. The average Bonchev–Trinajstić information content (AvgIpc) is 2.35. The number of halogens is 3. The van der Waals surface area contributed by atoms with Crippen molar-refractivity contribution in [3.63, 3.8) is 0 Å². The fourth-order valence-electron chi connectivity index (χ4n) is 1.42. The summed E-state index contributed by atoms with van der Waals surface area (Å²) in [6.07, 6.45) is -4.61. The molecule has 0 saturated heterocycles. The van der Waals surface area contributed by atoms with E-state index >= 15 is 0 Å². The fourth-order valence-corrected chi connectivity index (χ4v) is 1.42. The van der Waals surface area contributed by atoms with E-state index in [1.165, 1.54) is 26.0 Å². The van der Waals surface area contributed by atoms with Crippen LogP contribution in [0.2, 0.25) is 0 Å². The maximum Gasteiger partial charge on any atom is 0.416 e. The predicted octanol–water partition coefficient (Wildman–Crippen LogP) is 2.55. The summed E-state index contributed by atoms with van der Waals surface area (Å²) in [5.74, 6) is -0.909. The van der Waals surface area contributed by atoms with Gasteiger partial charge in [0.15, 0.2) is 0 Å². The van der Waals surface area contributed by atoms with Crippen LogP contribution < -0.4 is 10.7 Å². The minimum atomic E-state index is -4.47. The molecule has 0 aliphatic heterocycles. The summed E-state index contributed by atoms with van der Waals surface area (Å²) in [6, 6.07) is 4.32. The first-order chi connectivity index (χ1) is 9.68. The van der Waals surface area contributed by atoms with E-state index in [0.29, 0.717) is 5.71 Å². The largest absolute Gasteiger partial charge is 0.416 e. The Balaban J connectivity index is 2.67. The summed E-state index contributed by atoms with van der Waals surface area (Å²) >= 11 is 0. The Morgan fingerprint density at radius 3 is 2.48 bits per heavy atom. The van der Waals surface area contributed by atoms with Gasteiger partial charge in [0, 0.05) is 18.3 Å². The molecule has 0 aliphatic carbocycles. The molecule has 0 atom stereocenters. The van der Waals surface area contributed by atoms with Crippen molar-refractivity contribution in [1.29, 1.82) is 0 Å². The van der Waals surface area contributed by atoms with Gasteiger partial charge in [-0.3, -0.25) is 9.59 Å². The van der Waals surface area contributed by atoms with Gasteiger partial charge in [0.05, 0.1) is 12.0 Å². The lowest BCUT2D eigenvalue weighted by molar-refractivity contribution is -0.137. The topological polar surface area (TPSA) is 70.6 Å². The van der Waals surface area contributed by atoms with Crippen molar-refractivity contribution >= 4 is 23.2 Å². The molecule has 0 spiro atoms. The molecule has 0 fully saturated rings. The summed E-state index contributed by atoms with van der Waals surface area (Å²) in [5.41, 5.74) is 1.69. The van der Waals surface area contributed by atoms with Crippen LogP contribution in [0.4, 0.5) is 18.9 Å². The van der Waals surface area contributed by atoms with E-state index < -0.39 is 17.6 Å². The number of hydrogen-bond donors (Lipinski definition) is 2. The Hall–Kier alpha value is -2.38. The smallest absolute Gasteiger partial charge is 0.326 e. The molecule has 0 heterocycles. The SMILES string of the molecule is CC(=O)N/N=C(/C)CC(=O)Nc1cccc(C(F)(F)F)c1. The quantitative estimate of drug-likeness (QED) is 0.662. The number of benzene rings is 1. The molecule has 5 nitrogen and oxygen atoms in total. The second kappa shape index (κ2) is 6.87. The van der Waals surface area contributed by atoms with E-state index in [-0.39, 0.29) is 18.0 Å². The van der Waals surface area contributed by atoms with E-state index in [9.17, 15) is 22.8 Å². The zero-order valence-corrected chi connectivity index (χ0v) is 11.4. The first-order valence-corrected chi connectivity index (χ1v) is 5.95. The normalized spacial score (nSPS) is 12.0. The highest BCUT2D eigenvalue weighted by atomic mass is 19.4. The van der Waals surface area contributed by atoms with Gasteiger partial charge in [0.1, 0.15) is 0 Å². The van der Waals surface area contributed by atoms with Gasteiger partial charge < -0.3 is 5.32 Å². The zero-order valence-electron chi connectivity index (χ0n) is 11.4. The van der Waals surface area contributed by atoms with E-state index in [1.54, 1.807) is 0 Å². The van der Waals surface area contributed by atoms with Crippen LogP contribution in [-0.2, 0) is 15.8 Å². The molecule has 8 heteroatoms. The molecule has 2 amide bonds. The van der Waals surface area contributed by atoms with Crippen LogP contribution in [0, 0.1) is 0 Å². The number of nitrogens with zero attached hydrogens (tertiary/aromatic N) is 1. The van der Waals surface area contributed by atoms with Gasteiger partial charge in [-0.1, -0.05) is 6.07 Å². The molecule has 1 rings (SSSR count). The lowest BCUT2D eigenvalue weighted by Crippen LogP contribution is -2.19. The third-order valence-electron chi connectivity index (χ3n) is 2.29. The van der Waals surface area contributed by atoms with E-state index in [4.69, 9.17) is 0 Å². The van der Waals surface area contributed by atoms with Crippen molar-refractivity contribution in [2.45, 2.75) is 26.4 Å². The summed E-state index contributed by atoms with van der Waals surface area (Å²) in [4.78, 5) is 22.3. The van der Waals surface area contributed by atoms with Crippen molar-refractivity contribution in [2.75, 3.05) is 5.32 Å². The first-order valence-electron chi connectivity index (χ1n) is 5.95. The van der Waals surface area contributed by atoms with Crippen molar-refractivity contribution in [3.05, 3.63) is 29.8 Å². The monoisotopic (exact) mass is 301 g/mol. The van der Waals surface area contributed by atoms with Gasteiger partial charge in [-0.05, 0) is 25.1 Å². The van der Waals surface area contributed by atoms with Crippen LogP contribution in [0.5, 0.6) is 0 Å². The molecule has 0 radical (unpaired) electrons. The van der Waals surface area contributed by atoms with Gasteiger partial charge >= 0.3 is 6.18 Å². The fraction of sp³-hybridized carbons (Fsp3) is 0.308. The second-order valence-electron chi connectivity index (χ2n) is 4.32. The van der Waals surface area contributed by atoms with Crippen LogP contribution in [0.15, 0.2) is 29.4 Å². The molecule has 0 aliphatic rings. The van der Waals surface area contributed by atoms with Gasteiger partial charge in [-0.15, -0.1) is 0 Å². The highest BCUT2D eigenvalue weighted by Gasteiger charge is 2.30. The number of anilines is 1. The second-order valence-corrected chi connectivity index (χ2v) is 4.32. The molecule has 0 unspecified atom stereocenters. The lowest BCUT2D eigenvalue weighted by Gasteiger charge is -2.09. The van der Waals surface area contributed by atoms with Gasteiger partial charge in [-0.25, -0.2) is 5.43 Å². The van der Waals surface area contributed by atoms with Crippen LogP contribution in [0.1, 0.15) is 25.8 Å². The number of rotatable bonds is 4. The molecule has 0 aromatic heterocycles. The maximum absolute atomic E-state index is 12.5. The number of carbonyl (C=O) groups excluding carboxylic acids is 2. The van der Waals surface area contributed by atoms with E-state index in [0.717, 1.165) is 12.1 Å². The molecule has 1 aromatic rings. The van der Waals surface area contributed by atoms with E-state index in [1.807, 2.05) is 0 Å². The molecular formula is C13H14F3N3O2. The summed E-state index contributed by atoms with van der Waals surface area (Å²) in [7, 11) is 0. The number of alkyl halides is 3. The van der Waals surface area contributed by atoms with Crippen molar-refractivity contribution in [2.24, 2.45) is 5.10 Å². The Labute approximate surface area is 119 Å². The molecule has 2 N–H and O–H groups in total. The van der Waals surface area contributed by atoms with Gasteiger partial charge in [-0.2, -0.15) is 18.3 Å². The predicted molar refractivity (Wildman–Crippen MR) is 71.6 cm³/mol. The van der Waals surface area contributed by atoms with Gasteiger partial charge in [0.25, 0.3) is 0 Å².